The molecule has 1 fully saturated rings. The van der Waals surface area contributed by atoms with Crippen LogP contribution in [0.4, 0.5) is 0 Å². The first kappa shape index (κ1) is 12.1. The third-order valence-electron chi connectivity index (χ3n) is 1.86. The van der Waals surface area contributed by atoms with E-state index in [0.717, 1.165) is 18.0 Å². The average molecular weight is 246 g/mol. The molecule has 0 saturated carbocycles. The third kappa shape index (κ3) is 2.33. The van der Waals surface area contributed by atoms with Crippen LogP contribution in [-0.4, -0.2) is 37.8 Å². The van der Waals surface area contributed by atoms with E-state index in [-0.39, 0.29) is 21.6 Å². The Morgan fingerprint density at radius 1 is 1.67 bits per heavy atom. The summed E-state index contributed by atoms with van der Waals surface area (Å²) in [6, 6.07) is 1.65. The molecule has 1 rings (SSSR count). The molecule has 0 N–H and O–H groups in total. The highest BCUT2D eigenvalue weighted by Gasteiger charge is 2.31. The van der Waals surface area contributed by atoms with E-state index in [4.69, 9.17) is 5.26 Å². The van der Waals surface area contributed by atoms with Gasteiger partial charge in [0.15, 0.2) is 14.7 Å². The largest absolute Gasteiger partial charge is 0.305 e. The molecule has 7 heteroatoms. The van der Waals surface area contributed by atoms with Crippen molar-refractivity contribution in [2.45, 2.75) is 6.92 Å². The van der Waals surface area contributed by atoms with Crippen molar-refractivity contribution in [3.8, 4) is 6.07 Å². The van der Waals surface area contributed by atoms with Crippen LogP contribution in [0.1, 0.15) is 6.92 Å². The number of thioether (sulfide) groups is 1. The van der Waals surface area contributed by atoms with Crippen LogP contribution in [0.3, 0.4) is 0 Å². The topological polar surface area (TPSA) is 78.2 Å². The number of carbonyl (C=O) groups is 1. The number of sulfone groups is 1. The molecule has 1 amide bonds. The molecule has 15 heavy (non-hydrogen) atoms. The smallest absolute Gasteiger partial charge is 0.237 e. The van der Waals surface area contributed by atoms with Crippen LogP contribution in [0, 0.1) is 11.3 Å². The van der Waals surface area contributed by atoms with E-state index in [1.165, 1.54) is 4.90 Å². The van der Waals surface area contributed by atoms with E-state index in [9.17, 15) is 13.2 Å². The summed E-state index contributed by atoms with van der Waals surface area (Å²) in [5.41, 5.74) is 0. The molecule has 5 nitrogen and oxygen atoms in total. The van der Waals surface area contributed by atoms with Crippen LogP contribution >= 0.6 is 11.8 Å². The Morgan fingerprint density at radius 3 is 2.67 bits per heavy atom. The first-order valence-corrected chi connectivity index (χ1v) is 7.07. The molecular formula is C8H10N2O3S2. The van der Waals surface area contributed by atoms with Gasteiger partial charge in [-0.1, -0.05) is 11.8 Å². The molecule has 1 saturated heterocycles. The molecule has 0 aliphatic carbocycles. The number of nitriles is 1. The van der Waals surface area contributed by atoms with Crippen molar-refractivity contribution < 1.29 is 13.2 Å². The summed E-state index contributed by atoms with van der Waals surface area (Å²) in [6.45, 7) is 2.11. The lowest BCUT2D eigenvalue weighted by Gasteiger charge is -2.14. The summed E-state index contributed by atoms with van der Waals surface area (Å²) in [5, 5.41) is 9.04. The molecule has 0 spiro atoms. The maximum absolute atomic E-state index is 11.3. The fourth-order valence-electron chi connectivity index (χ4n) is 1.20. The van der Waals surface area contributed by atoms with Crippen LogP contribution in [0.15, 0.2) is 9.93 Å². The fourth-order valence-corrected chi connectivity index (χ4v) is 3.40. The lowest BCUT2D eigenvalue weighted by atomic mass is 10.5. The molecule has 1 heterocycles. The standard InChI is InChI=1S/C8H10N2O3S2/c1-3-10-7(11)5-14-8(10)6(4-9)15(2,12)13/h3,5H2,1-2H3/b8-6-. The summed E-state index contributed by atoms with van der Waals surface area (Å²) in [7, 11) is -3.56. The van der Waals surface area contributed by atoms with Crippen LogP contribution in [0.5, 0.6) is 0 Å². The summed E-state index contributed by atoms with van der Waals surface area (Å²) in [5.74, 6) is 0.0399. The molecule has 0 aromatic rings. The van der Waals surface area contributed by atoms with Crippen molar-refractivity contribution in [1.29, 1.82) is 5.26 Å². The molecule has 0 aromatic heterocycles. The highest BCUT2D eigenvalue weighted by molar-refractivity contribution is 8.05. The highest BCUT2D eigenvalue weighted by Crippen LogP contribution is 2.32. The number of allylic oxidation sites excluding steroid dienone is 1. The van der Waals surface area contributed by atoms with Crippen molar-refractivity contribution in [1.82, 2.24) is 4.90 Å². The van der Waals surface area contributed by atoms with Crippen molar-refractivity contribution in [3.63, 3.8) is 0 Å². The van der Waals surface area contributed by atoms with Gasteiger partial charge < -0.3 is 4.90 Å². The van der Waals surface area contributed by atoms with Gasteiger partial charge in [-0.2, -0.15) is 5.26 Å². The van der Waals surface area contributed by atoms with Gasteiger partial charge in [0.2, 0.25) is 5.91 Å². The van der Waals surface area contributed by atoms with Crippen molar-refractivity contribution in [2.75, 3.05) is 18.6 Å². The van der Waals surface area contributed by atoms with Crippen LogP contribution < -0.4 is 0 Å². The van der Waals surface area contributed by atoms with Gasteiger partial charge in [0.25, 0.3) is 0 Å². The van der Waals surface area contributed by atoms with Crippen LogP contribution in [-0.2, 0) is 14.6 Å². The molecule has 0 aromatic carbocycles. The summed E-state index contributed by atoms with van der Waals surface area (Å²) < 4.78 is 22.6. The zero-order valence-corrected chi connectivity index (χ0v) is 9.98. The molecule has 0 radical (unpaired) electrons. The molecular weight excluding hydrogens is 236 g/mol. The van der Waals surface area contributed by atoms with E-state index in [2.05, 4.69) is 0 Å². The van der Waals surface area contributed by atoms with Gasteiger partial charge in [0.1, 0.15) is 11.1 Å². The predicted molar refractivity (Wildman–Crippen MR) is 57.3 cm³/mol. The molecule has 0 atom stereocenters. The van der Waals surface area contributed by atoms with Gasteiger partial charge in [0.05, 0.1) is 5.75 Å². The molecule has 0 unspecified atom stereocenters. The van der Waals surface area contributed by atoms with E-state index in [1.54, 1.807) is 13.0 Å². The van der Waals surface area contributed by atoms with E-state index >= 15 is 0 Å². The highest BCUT2D eigenvalue weighted by atomic mass is 32.2. The lowest BCUT2D eigenvalue weighted by Crippen LogP contribution is -2.25. The Bertz CT molecular complexity index is 459. The zero-order valence-electron chi connectivity index (χ0n) is 8.35. The van der Waals surface area contributed by atoms with Crippen molar-refractivity contribution >= 4 is 27.5 Å². The fraction of sp³-hybridized carbons (Fsp3) is 0.500. The van der Waals surface area contributed by atoms with Crippen molar-refractivity contribution in [3.05, 3.63) is 9.93 Å². The Hall–Kier alpha value is -1.00. The van der Waals surface area contributed by atoms with E-state index < -0.39 is 9.84 Å². The predicted octanol–water partition coefficient (Wildman–Crippen LogP) is 0.319. The maximum Gasteiger partial charge on any atom is 0.237 e. The Morgan fingerprint density at radius 2 is 2.27 bits per heavy atom. The minimum Gasteiger partial charge on any atom is -0.305 e. The monoisotopic (exact) mass is 246 g/mol. The second-order valence-electron chi connectivity index (χ2n) is 2.94. The lowest BCUT2D eigenvalue weighted by molar-refractivity contribution is -0.125. The minimum atomic E-state index is -3.56. The Kier molecular flexibility index (Phi) is 3.42. The quantitative estimate of drug-likeness (QED) is 0.656. The number of carbonyl (C=O) groups excluding carboxylic acids is 1. The third-order valence-corrected chi connectivity index (χ3v) is 4.11. The SMILES string of the molecule is CCN1C(=O)CS/C1=C(/C#N)S(C)(=O)=O. The average Bonchev–Trinajstić information content (AvgIpc) is 2.46. The number of hydrogen-bond acceptors (Lipinski definition) is 5. The second kappa shape index (κ2) is 4.24. The number of amides is 1. The van der Waals surface area contributed by atoms with Crippen molar-refractivity contribution in [2.24, 2.45) is 0 Å². The van der Waals surface area contributed by atoms with Gasteiger partial charge in [-0.3, -0.25) is 4.79 Å². The zero-order chi connectivity index (χ0) is 11.6. The first-order valence-electron chi connectivity index (χ1n) is 4.19. The summed E-state index contributed by atoms with van der Waals surface area (Å²) in [6.07, 6.45) is 0.968. The minimum absolute atomic E-state index is 0.158. The Labute approximate surface area is 92.7 Å². The van der Waals surface area contributed by atoms with Gasteiger partial charge in [0, 0.05) is 12.8 Å². The van der Waals surface area contributed by atoms with Gasteiger partial charge in [-0.15, -0.1) is 0 Å². The van der Waals surface area contributed by atoms with E-state index in [1.807, 2.05) is 0 Å². The second-order valence-corrected chi connectivity index (χ2v) is 5.86. The molecule has 1 aliphatic heterocycles. The van der Waals surface area contributed by atoms with Gasteiger partial charge in [-0.05, 0) is 6.92 Å². The Balaban J connectivity index is 3.31. The van der Waals surface area contributed by atoms with Crippen LogP contribution in [0.2, 0.25) is 0 Å². The summed E-state index contributed by atoms with van der Waals surface area (Å²) >= 11 is 1.10. The molecule has 1 aliphatic rings. The number of hydrogen-bond donors (Lipinski definition) is 0. The summed E-state index contributed by atoms with van der Waals surface area (Å²) in [4.78, 5) is 12.3. The molecule has 0 bridgehead atoms. The van der Waals surface area contributed by atoms with Gasteiger partial charge >= 0.3 is 0 Å². The van der Waals surface area contributed by atoms with Gasteiger partial charge in [-0.25, -0.2) is 8.42 Å². The van der Waals surface area contributed by atoms with E-state index in [0.29, 0.717) is 6.54 Å². The maximum atomic E-state index is 11.3. The normalized spacial score (nSPS) is 20.3. The number of rotatable bonds is 2. The first-order chi connectivity index (χ1) is 6.91. The number of nitrogens with zero attached hydrogens (tertiary/aromatic N) is 2. The van der Waals surface area contributed by atoms with Crippen LogP contribution in [0.25, 0.3) is 0 Å². The molecule has 82 valence electrons.